The van der Waals surface area contributed by atoms with E-state index in [1.165, 1.54) is 0 Å². The van der Waals surface area contributed by atoms with Gasteiger partial charge in [0, 0.05) is 17.4 Å². The lowest BCUT2D eigenvalue weighted by atomic mass is 10.1. The van der Waals surface area contributed by atoms with E-state index in [0.717, 1.165) is 11.3 Å². The van der Waals surface area contributed by atoms with Gasteiger partial charge in [0.2, 0.25) is 0 Å². The first-order valence-electron chi connectivity index (χ1n) is 6.86. The molecule has 0 radical (unpaired) electrons. The minimum absolute atomic E-state index is 0.116. The van der Waals surface area contributed by atoms with Crippen molar-refractivity contribution >= 4 is 5.91 Å². The van der Waals surface area contributed by atoms with Crippen molar-refractivity contribution in [1.29, 1.82) is 0 Å². The van der Waals surface area contributed by atoms with Gasteiger partial charge in [-0.2, -0.15) is 0 Å². The molecule has 1 aliphatic carbocycles. The zero-order chi connectivity index (χ0) is 14.1. The fourth-order valence-corrected chi connectivity index (χ4v) is 3.78. The molecule has 0 N–H and O–H groups in total. The number of amides is 1. The second-order valence-electron chi connectivity index (χ2n) is 5.82. The van der Waals surface area contributed by atoms with Crippen molar-refractivity contribution in [2.45, 2.75) is 24.9 Å². The van der Waals surface area contributed by atoms with Crippen molar-refractivity contribution in [2.24, 2.45) is 11.8 Å². The van der Waals surface area contributed by atoms with Crippen molar-refractivity contribution in [3.63, 3.8) is 0 Å². The highest BCUT2D eigenvalue weighted by atomic mass is 19.1. The number of fused-ring (bicyclic) bond motifs is 3. The van der Waals surface area contributed by atoms with Crippen LogP contribution in [0, 0.1) is 11.8 Å². The van der Waals surface area contributed by atoms with Gasteiger partial charge in [-0.3, -0.25) is 4.79 Å². The summed E-state index contributed by atoms with van der Waals surface area (Å²) in [5.74, 6) is -0.0273. The van der Waals surface area contributed by atoms with Crippen LogP contribution in [0.2, 0.25) is 0 Å². The Morgan fingerprint density at radius 1 is 1.40 bits per heavy atom. The summed E-state index contributed by atoms with van der Waals surface area (Å²) in [7, 11) is 1.60. The van der Waals surface area contributed by atoms with Gasteiger partial charge in [0.25, 0.3) is 5.91 Å². The highest BCUT2D eigenvalue weighted by Crippen LogP contribution is 2.65. The quantitative estimate of drug-likeness (QED) is 0.829. The van der Waals surface area contributed by atoms with Crippen molar-refractivity contribution in [3.05, 3.63) is 29.8 Å². The van der Waals surface area contributed by atoms with Crippen LogP contribution in [-0.2, 0) is 9.53 Å². The predicted octanol–water partition coefficient (Wildman–Crippen LogP) is 1.91. The lowest BCUT2D eigenvalue weighted by Gasteiger charge is -2.25. The normalized spacial score (nSPS) is 41.5. The highest BCUT2D eigenvalue weighted by Gasteiger charge is 2.80. The molecule has 5 atom stereocenters. The number of methoxy groups -OCH3 is 1. The van der Waals surface area contributed by atoms with Crippen LogP contribution in [0.1, 0.15) is 18.7 Å². The standard InChI is InChI=1S/C15H16FNO3/c1-8-12-11-7-20-13(17(11)14(18)15(8,12)16)9-3-5-10(19-2)6-4-9/h3-6,8,11-13H,7H2,1-2H3/t8-,11-,12-,13-,15+/m1/s1. The van der Waals surface area contributed by atoms with Crippen LogP contribution in [0.4, 0.5) is 4.39 Å². The molecule has 0 unspecified atom stereocenters. The molecule has 1 aromatic carbocycles. The van der Waals surface area contributed by atoms with Crippen molar-refractivity contribution in [1.82, 2.24) is 4.90 Å². The fraction of sp³-hybridized carbons (Fsp3) is 0.533. The molecule has 3 aliphatic rings. The molecule has 5 heteroatoms. The lowest BCUT2D eigenvalue weighted by Crippen LogP contribution is -2.38. The topological polar surface area (TPSA) is 38.8 Å². The van der Waals surface area contributed by atoms with Gasteiger partial charge in [-0.1, -0.05) is 19.1 Å². The van der Waals surface area contributed by atoms with Gasteiger partial charge in [-0.25, -0.2) is 4.39 Å². The van der Waals surface area contributed by atoms with Gasteiger partial charge >= 0.3 is 0 Å². The summed E-state index contributed by atoms with van der Waals surface area (Å²) in [4.78, 5) is 13.9. The Labute approximate surface area is 116 Å². The molecule has 2 heterocycles. The Balaban J connectivity index is 1.64. The van der Waals surface area contributed by atoms with Gasteiger partial charge in [0.15, 0.2) is 11.9 Å². The molecule has 1 saturated carbocycles. The molecule has 0 bridgehead atoms. The Hall–Kier alpha value is -1.62. The molecule has 4 nitrogen and oxygen atoms in total. The number of carbonyl (C=O) groups is 1. The van der Waals surface area contributed by atoms with Gasteiger partial charge < -0.3 is 14.4 Å². The zero-order valence-corrected chi connectivity index (χ0v) is 11.4. The molecule has 2 saturated heterocycles. The van der Waals surface area contributed by atoms with E-state index in [1.54, 1.807) is 18.9 Å². The Morgan fingerprint density at radius 3 is 2.75 bits per heavy atom. The summed E-state index contributed by atoms with van der Waals surface area (Å²) >= 11 is 0. The molecule has 0 spiro atoms. The molecule has 0 aromatic heterocycles. The number of nitrogens with zero attached hydrogens (tertiary/aromatic N) is 1. The maximum Gasteiger partial charge on any atom is 0.263 e. The predicted molar refractivity (Wildman–Crippen MR) is 68.8 cm³/mol. The van der Waals surface area contributed by atoms with E-state index in [1.807, 2.05) is 24.3 Å². The molecule has 2 aliphatic heterocycles. The fourth-order valence-electron chi connectivity index (χ4n) is 3.78. The van der Waals surface area contributed by atoms with E-state index in [2.05, 4.69) is 0 Å². The second kappa shape index (κ2) is 3.73. The third-order valence-corrected chi connectivity index (χ3v) is 4.99. The maximum absolute atomic E-state index is 14.5. The number of carbonyl (C=O) groups excluding carboxylic acids is 1. The van der Waals surface area contributed by atoms with Gasteiger partial charge in [-0.05, 0) is 12.1 Å². The van der Waals surface area contributed by atoms with Crippen molar-refractivity contribution < 1.29 is 18.7 Å². The SMILES string of the molecule is COc1ccc([C@H]2OC[C@@H]3[C@H]4[C@@H](C)[C@@]4(F)C(=O)N23)cc1. The molecule has 1 amide bonds. The van der Waals surface area contributed by atoms with E-state index in [4.69, 9.17) is 9.47 Å². The summed E-state index contributed by atoms with van der Waals surface area (Å²) < 4.78 is 25.4. The van der Waals surface area contributed by atoms with Crippen molar-refractivity contribution in [2.75, 3.05) is 13.7 Å². The van der Waals surface area contributed by atoms with Crippen LogP contribution in [0.3, 0.4) is 0 Å². The van der Waals surface area contributed by atoms with E-state index in [0.29, 0.717) is 6.61 Å². The van der Waals surface area contributed by atoms with Crippen LogP contribution in [0.15, 0.2) is 24.3 Å². The van der Waals surface area contributed by atoms with Gasteiger partial charge in [-0.15, -0.1) is 0 Å². The number of ether oxygens (including phenoxy) is 2. The molecular formula is C15H16FNO3. The van der Waals surface area contributed by atoms with Crippen LogP contribution < -0.4 is 4.74 Å². The third kappa shape index (κ3) is 1.26. The first-order valence-corrected chi connectivity index (χ1v) is 6.86. The van der Waals surface area contributed by atoms with Crippen molar-refractivity contribution in [3.8, 4) is 5.75 Å². The minimum Gasteiger partial charge on any atom is -0.497 e. The molecule has 106 valence electrons. The van der Waals surface area contributed by atoms with E-state index in [9.17, 15) is 9.18 Å². The summed E-state index contributed by atoms with van der Waals surface area (Å²) in [5, 5.41) is 0. The van der Waals surface area contributed by atoms with E-state index < -0.39 is 17.8 Å². The molecule has 3 fully saturated rings. The highest BCUT2D eigenvalue weighted by molar-refractivity contribution is 5.93. The first-order chi connectivity index (χ1) is 9.59. The Bertz CT molecular complexity index is 575. The number of benzene rings is 1. The largest absolute Gasteiger partial charge is 0.497 e. The average molecular weight is 277 g/mol. The van der Waals surface area contributed by atoms with Gasteiger partial charge in [0.05, 0.1) is 19.8 Å². The lowest BCUT2D eigenvalue weighted by molar-refractivity contribution is -0.142. The van der Waals surface area contributed by atoms with E-state index >= 15 is 0 Å². The number of hydrogen-bond donors (Lipinski definition) is 0. The second-order valence-corrected chi connectivity index (χ2v) is 5.82. The van der Waals surface area contributed by atoms with E-state index in [-0.39, 0.29) is 17.9 Å². The first kappa shape index (κ1) is 12.1. The average Bonchev–Trinajstić information content (AvgIpc) is 2.80. The summed E-state index contributed by atoms with van der Waals surface area (Å²) in [6.07, 6.45) is -0.467. The third-order valence-electron chi connectivity index (χ3n) is 4.99. The number of halogens is 1. The van der Waals surface area contributed by atoms with Crippen LogP contribution >= 0.6 is 0 Å². The molecule has 1 aromatic rings. The number of hydrogen-bond acceptors (Lipinski definition) is 3. The summed E-state index contributed by atoms with van der Waals surface area (Å²) in [6.45, 7) is 2.23. The maximum atomic E-state index is 14.5. The summed E-state index contributed by atoms with van der Waals surface area (Å²) in [6, 6.07) is 7.24. The summed E-state index contributed by atoms with van der Waals surface area (Å²) in [5.41, 5.74) is -0.779. The number of rotatable bonds is 2. The van der Waals surface area contributed by atoms with Crippen LogP contribution in [-0.4, -0.2) is 36.2 Å². The van der Waals surface area contributed by atoms with Crippen LogP contribution in [0.5, 0.6) is 5.75 Å². The zero-order valence-electron chi connectivity index (χ0n) is 11.4. The smallest absolute Gasteiger partial charge is 0.263 e. The molecule has 20 heavy (non-hydrogen) atoms. The van der Waals surface area contributed by atoms with Gasteiger partial charge in [0.1, 0.15) is 5.75 Å². The molecule has 4 rings (SSSR count). The Kier molecular flexibility index (Phi) is 2.26. The number of alkyl halides is 1. The van der Waals surface area contributed by atoms with Crippen LogP contribution in [0.25, 0.3) is 0 Å². The monoisotopic (exact) mass is 277 g/mol. The molecular weight excluding hydrogens is 261 g/mol. The Morgan fingerprint density at radius 2 is 2.10 bits per heavy atom. The minimum atomic E-state index is -1.64. The number of piperidine rings is 1.